The number of ether oxygens (including phenoxy) is 1. The Labute approximate surface area is 138 Å². The molecule has 1 heterocycles. The van der Waals surface area contributed by atoms with Gasteiger partial charge in [-0.15, -0.1) is 0 Å². The quantitative estimate of drug-likeness (QED) is 0.659. The predicted octanol–water partition coefficient (Wildman–Crippen LogP) is 1.21. The summed E-state index contributed by atoms with van der Waals surface area (Å²) in [5.74, 6) is 0. The molecule has 1 amide bonds. The molecule has 0 saturated heterocycles. The highest BCUT2D eigenvalue weighted by atomic mass is 16.5. The fraction of sp³-hybridized carbons (Fsp3) is 0.235. The van der Waals surface area contributed by atoms with Gasteiger partial charge in [0.05, 0.1) is 5.69 Å². The molecule has 2 unspecified atom stereocenters. The van der Waals surface area contributed by atoms with Gasteiger partial charge in [0, 0.05) is 18.3 Å². The van der Waals surface area contributed by atoms with Crippen molar-refractivity contribution in [3.63, 3.8) is 0 Å². The predicted molar refractivity (Wildman–Crippen MR) is 85.2 cm³/mol. The van der Waals surface area contributed by atoms with Crippen molar-refractivity contribution in [2.45, 2.75) is 18.8 Å². The molecular weight excluding hydrogens is 312 g/mol. The maximum atomic E-state index is 11.6. The number of aliphatic hydroxyl groups is 2. The van der Waals surface area contributed by atoms with Crippen LogP contribution in [0, 0.1) is 0 Å². The topological polar surface area (TPSA) is 109 Å². The summed E-state index contributed by atoms with van der Waals surface area (Å²) in [7, 11) is 0. The van der Waals surface area contributed by atoms with E-state index in [0.717, 1.165) is 5.56 Å². The second kappa shape index (κ2) is 8.76. The first-order valence-electron chi connectivity index (χ1n) is 7.32. The molecule has 7 heteroatoms. The number of pyridine rings is 1. The lowest BCUT2D eigenvalue weighted by molar-refractivity contribution is 0.0159. The minimum absolute atomic E-state index is 0.105. The second-order valence-electron chi connectivity index (χ2n) is 5.09. The molecule has 2 aromatic rings. The molecule has 0 fully saturated rings. The van der Waals surface area contributed by atoms with Crippen molar-refractivity contribution < 1.29 is 24.5 Å². The van der Waals surface area contributed by atoms with Gasteiger partial charge >= 0.3 is 6.09 Å². The first kappa shape index (κ1) is 17.6. The van der Waals surface area contributed by atoms with Gasteiger partial charge in [0.25, 0.3) is 0 Å². The highest BCUT2D eigenvalue weighted by Crippen LogP contribution is 2.15. The van der Waals surface area contributed by atoms with Crippen LogP contribution in [0.4, 0.5) is 4.79 Å². The summed E-state index contributed by atoms with van der Waals surface area (Å²) in [6.45, 7) is -0.115. The van der Waals surface area contributed by atoms with E-state index in [-0.39, 0.29) is 18.8 Å². The van der Waals surface area contributed by atoms with E-state index in [2.05, 4.69) is 10.3 Å². The van der Waals surface area contributed by atoms with Crippen LogP contribution >= 0.6 is 0 Å². The van der Waals surface area contributed by atoms with E-state index in [1.165, 1.54) is 18.3 Å². The molecule has 0 radical (unpaired) electrons. The number of aliphatic hydroxyl groups excluding tert-OH is 2. The molecule has 3 N–H and O–H groups in total. The summed E-state index contributed by atoms with van der Waals surface area (Å²) in [5, 5.41) is 22.3. The zero-order chi connectivity index (χ0) is 17.4. The van der Waals surface area contributed by atoms with Gasteiger partial charge in [0.15, 0.2) is 0 Å². The monoisotopic (exact) mass is 330 g/mol. The molecule has 0 saturated carbocycles. The standard InChI is InChI=1S/C17H18N2O5/c20-10-13-6-7-18-14(8-13)16(22)15(21)9-19-17(23)24-11-12-4-2-1-3-5-12/h1-8,10,15-16,21-22H,9,11H2,(H,19,23). The van der Waals surface area contributed by atoms with Gasteiger partial charge in [0.1, 0.15) is 25.1 Å². The normalized spacial score (nSPS) is 12.9. The first-order valence-corrected chi connectivity index (χ1v) is 7.32. The van der Waals surface area contributed by atoms with Crippen molar-refractivity contribution in [1.82, 2.24) is 10.3 Å². The van der Waals surface area contributed by atoms with Crippen LogP contribution < -0.4 is 5.32 Å². The van der Waals surface area contributed by atoms with Crippen LogP contribution in [0.5, 0.6) is 0 Å². The summed E-state index contributed by atoms with van der Waals surface area (Å²) >= 11 is 0. The third-order valence-electron chi connectivity index (χ3n) is 3.28. The Balaban J connectivity index is 1.79. The molecular formula is C17H18N2O5. The van der Waals surface area contributed by atoms with E-state index in [0.29, 0.717) is 11.8 Å². The summed E-state index contributed by atoms with van der Waals surface area (Å²) in [4.78, 5) is 26.2. The van der Waals surface area contributed by atoms with Gasteiger partial charge in [-0.25, -0.2) is 4.79 Å². The van der Waals surface area contributed by atoms with Gasteiger partial charge in [-0.1, -0.05) is 30.3 Å². The van der Waals surface area contributed by atoms with E-state index in [1.807, 2.05) is 30.3 Å². The maximum absolute atomic E-state index is 11.6. The third kappa shape index (κ3) is 5.15. The number of hydrogen-bond donors (Lipinski definition) is 3. The second-order valence-corrected chi connectivity index (χ2v) is 5.09. The van der Waals surface area contributed by atoms with E-state index >= 15 is 0 Å². The van der Waals surface area contributed by atoms with Crippen LogP contribution in [0.15, 0.2) is 48.7 Å². The average molecular weight is 330 g/mol. The Hall–Kier alpha value is -2.77. The van der Waals surface area contributed by atoms with E-state index in [9.17, 15) is 19.8 Å². The molecule has 1 aromatic heterocycles. The number of carbonyl (C=O) groups is 2. The Bertz CT molecular complexity index is 678. The van der Waals surface area contributed by atoms with Gasteiger partial charge < -0.3 is 20.3 Å². The first-order chi connectivity index (χ1) is 11.6. The molecule has 24 heavy (non-hydrogen) atoms. The van der Waals surface area contributed by atoms with Gasteiger partial charge in [-0.05, 0) is 17.7 Å². The highest BCUT2D eigenvalue weighted by molar-refractivity contribution is 5.74. The number of aromatic nitrogens is 1. The van der Waals surface area contributed by atoms with Crippen LogP contribution in [-0.2, 0) is 11.3 Å². The molecule has 7 nitrogen and oxygen atoms in total. The molecule has 0 spiro atoms. The molecule has 126 valence electrons. The average Bonchev–Trinajstić information content (AvgIpc) is 2.64. The van der Waals surface area contributed by atoms with Crippen molar-refractivity contribution in [2.75, 3.05) is 6.54 Å². The van der Waals surface area contributed by atoms with Crippen molar-refractivity contribution in [1.29, 1.82) is 0 Å². The summed E-state index contributed by atoms with van der Waals surface area (Å²) < 4.78 is 5.00. The van der Waals surface area contributed by atoms with E-state index in [1.54, 1.807) is 0 Å². The molecule has 0 bridgehead atoms. The molecule has 2 atom stereocenters. The summed E-state index contributed by atoms with van der Waals surface area (Å²) in [5.41, 5.74) is 1.32. The number of rotatable bonds is 7. The zero-order valence-corrected chi connectivity index (χ0v) is 12.8. The van der Waals surface area contributed by atoms with Crippen molar-refractivity contribution in [3.8, 4) is 0 Å². The number of hydrogen-bond acceptors (Lipinski definition) is 6. The van der Waals surface area contributed by atoms with Crippen LogP contribution in [0.1, 0.15) is 27.7 Å². The number of nitrogens with one attached hydrogen (secondary N) is 1. The molecule has 0 aliphatic rings. The van der Waals surface area contributed by atoms with Crippen LogP contribution in [-0.4, -0.2) is 40.2 Å². The van der Waals surface area contributed by atoms with E-state index in [4.69, 9.17) is 4.74 Å². The molecule has 0 aliphatic heterocycles. The summed E-state index contributed by atoms with van der Waals surface area (Å²) in [6, 6.07) is 12.0. The Kier molecular flexibility index (Phi) is 6.41. The Morgan fingerprint density at radius 3 is 2.71 bits per heavy atom. The van der Waals surface area contributed by atoms with Crippen LogP contribution in [0.3, 0.4) is 0 Å². The fourth-order valence-electron chi connectivity index (χ4n) is 1.97. The fourth-order valence-corrected chi connectivity index (χ4v) is 1.97. The van der Waals surface area contributed by atoms with Gasteiger partial charge in [-0.2, -0.15) is 0 Å². The van der Waals surface area contributed by atoms with Gasteiger partial charge in [0.2, 0.25) is 0 Å². The lowest BCUT2D eigenvalue weighted by Gasteiger charge is -2.18. The number of alkyl carbamates (subject to hydrolysis) is 1. The maximum Gasteiger partial charge on any atom is 0.407 e. The minimum Gasteiger partial charge on any atom is -0.445 e. The number of aldehydes is 1. The van der Waals surface area contributed by atoms with Crippen molar-refractivity contribution in [3.05, 3.63) is 65.5 Å². The number of benzene rings is 1. The van der Waals surface area contributed by atoms with Crippen LogP contribution in [0.2, 0.25) is 0 Å². The lowest BCUT2D eigenvalue weighted by Crippen LogP contribution is -2.36. The van der Waals surface area contributed by atoms with Crippen molar-refractivity contribution >= 4 is 12.4 Å². The largest absolute Gasteiger partial charge is 0.445 e. The minimum atomic E-state index is -1.33. The molecule has 0 aliphatic carbocycles. The SMILES string of the molecule is O=Cc1ccnc(C(O)C(O)CNC(=O)OCc2ccccc2)c1. The third-order valence-corrected chi connectivity index (χ3v) is 3.28. The zero-order valence-electron chi connectivity index (χ0n) is 12.8. The summed E-state index contributed by atoms with van der Waals surface area (Å²) in [6.07, 6.45) is -1.36. The Morgan fingerprint density at radius 1 is 1.25 bits per heavy atom. The lowest BCUT2D eigenvalue weighted by atomic mass is 10.1. The number of nitrogens with zero attached hydrogens (tertiary/aromatic N) is 1. The number of amides is 1. The smallest absolute Gasteiger partial charge is 0.407 e. The van der Waals surface area contributed by atoms with Crippen molar-refractivity contribution in [2.24, 2.45) is 0 Å². The van der Waals surface area contributed by atoms with Crippen LogP contribution in [0.25, 0.3) is 0 Å². The Morgan fingerprint density at radius 2 is 2.00 bits per heavy atom. The molecule has 2 rings (SSSR count). The molecule has 1 aromatic carbocycles. The highest BCUT2D eigenvalue weighted by Gasteiger charge is 2.20. The number of carbonyl (C=O) groups excluding carboxylic acids is 2. The van der Waals surface area contributed by atoms with Gasteiger partial charge in [-0.3, -0.25) is 9.78 Å². The van der Waals surface area contributed by atoms with E-state index < -0.39 is 18.3 Å².